The average Bonchev–Trinajstić information content (AvgIpc) is 2.45. The predicted molar refractivity (Wildman–Crippen MR) is 75.7 cm³/mol. The van der Waals surface area contributed by atoms with Crippen molar-refractivity contribution in [3.63, 3.8) is 0 Å². The van der Waals surface area contributed by atoms with Crippen molar-refractivity contribution in [3.8, 4) is 5.75 Å². The molecule has 0 aliphatic carbocycles. The van der Waals surface area contributed by atoms with Crippen LogP contribution in [0.5, 0.6) is 5.75 Å². The minimum Gasteiger partial charge on any atom is -0.484 e. The summed E-state index contributed by atoms with van der Waals surface area (Å²) in [5, 5.41) is 8.71. The number of ether oxygens (including phenoxy) is 1. The van der Waals surface area contributed by atoms with E-state index in [1.807, 2.05) is 25.1 Å². The quantitative estimate of drug-likeness (QED) is 0.752. The third kappa shape index (κ3) is 6.22. The summed E-state index contributed by atoms with van der Waals surface area (Å²) in [6.07, 6.45) is 1.77. The number of hydrogen-bond acceptors (Lipinski definition) is 3. The predicted octanol–water partition coefficient (Wildman–Crippen LogP) is 2.17. The Balaban J connectivity index is 2.46. The first-order valence-electron chi connectivity index (χ1n) is 6.81. The molecule has 0 atom stereocenters. The van der Waals surface area contributed by atoms with Gasteiger partial charge >= 0.3 is 5.97 Å². The van der Waals surface area contributed by atoms with Crippen molar-refractivity contribution in [1.82, 2.24) is 4.90 Å². The molecule has 0 radical (unpaired) electrons. The highest BCUT2D eigenvalue weighted by molar-refractivity contribution is 5.78. The third-order valence-electron chi connectivity index (χ3n) is 2.84. The molecule has 5 heteroatoms. The van der Waals surface area contributed by atoms with Gasteiger partial charge < -0.3 is 14.7 Å². The Morgan fingerprint density at radius 2 is 1.90 bits per heavy atom. The van der Waals surface area contributed by atoms with Crippen LogP contribution in [-0.2, 0) is 9.59 Å². The average molecular weight is 279 g/mol. The van der Waals surface area contributed by atoms with Gasteiger partial charge in [0.25, 0.3) is 5.91 Å². The van der Waals surface area contributed by atoms with E-state index in [2.05, 4.69) is 0 Å². The summed E-state index contributed by atoms with van der Waals surface area (Å²) in [7, 11) is 0. The minimum atomic E-state index is -0.900. The number of amides is 1. The van der Waals surface area contributed by atoms with Crippen LogP contribution in [0.2, 0.25) is 0 Å². The van der Waals surface area contributed by atoms with Gasteiger partial charge in [-0.1, -0.05) is 31.5 Å². The zero-order valence-corrected chi connectivity index (χ0v) is 11.7. The summed E-state index contributed by atoms with van der Waals surface area (Å²) in [5.41, 5.74) is 0. The normalized spacial score (nSPS) is 10.1. The van der Waals surface area contributed by atoms with E-state index >= 15 is 0 Å². The lowest BCUT2D eigenvalue weighted by Gasteiger charge is -2.21. The van der Waals surface area contributed by atoms with Crippen LogP contribution in [0, 0.1) is 0 Å². The van der Waals surface area contributed by atoms with E-state index in [0.29, 0.717) is 12.3 Å². The molecule has 0 aliphatic rings. The van der Waals surface area contributed by atoms with Crippen LogP contribution < -0.4 is 4.74 Å². The fourth-order valence-corrected chi connectivity index (χ4v) is 1.69. The highest BCUT2D eigenvalue weighted by Gasteiger charge is 2.14. The lowest BCUT2D eigenvalue weighted by atomic mass is 10.3. The van der Waals surface area contributed by atoms with Crippen molar-refractivity contribution in [1.29, 1.82) is 0 Å². The largest absolute Gasteiger partial charge is 0.484 e. The molecule has 20 heavy (non-hydrogen) atoms. The van der Waals surface area contributed by atoms with Gasteiger partial charge in [0.1, 0.15) is 5.75 Å². The standard InChI is InChI=1S/C15H21NO4/c1-2-3-10-16(11-9-15(18)19)14(17)12-20-13-7-5-4-6-8-13/h4-8H,2-3,9-12H2,1H3,(H,18,19). The van der Waals surface area contributed by atoms with E-state index in [1.165, 1.54) is 0 Å². The Labute approximate surface area is 119 Å². The first kappa shape index (κ1) is 16.0. The van der Waals surface area contributed by atoms with Gasteiger partial charge in [-0.2, -0.15) is 0 Å². The summed E-state index contributed by atoms with van der Waals surface area (Å²) in [6, 6.07) is 9.09. The lowest BCUT2D eigenvalue weighted by molar-refractivity contribution is -0.139. The maximum atomic E-state index is 12.0. The highest BCUT2D eigenvalue weighted by Crippen LogP contribution is 2.08. The molecule has 1 amide bonds. The van der Waals surface area contributed by atoms with Gasteiger partial charge in [0, 0.05) is 13.1 Å². The molecule has 0 spiro atoms. The van der Waals surface area contributed by atoms with Gasteiger partial charge in [0.2, 0.25) is 0 Å². The second-order valence-electron chi connectivity index (χ2n) is 4.48. The molecule has 110 valence electrons. The first-order valence-corrected chi connectivity index (χ1v) is 6.81. The van der Waals surface area contributed by atoms with Crippen LogP contribution in [0.1, 0.15) is 26.2 Å². The van der Waals surface area contributed by atoms with Gasteiger partial charge in [0.05, 0.1) is 6.42 Å². The van der Waals surface area contributed by atoms with Gasteiger partial charge in [-0.05, 0) is 18.6 Å². The van der Waals surface area contributed by atoms with E-state index in [9.17, 15) is 9.59 Å². The van der Waals surface area contributed by atoms with Crippen molar-refractivity contribution < 1.29 is 19.4 Å². The van der Waals surface area contributed by atoms with Gasteiger partial charge in [-0.3, -0.25) is 9.59 Å². The molecule has 0 fully saturated rings. The molecule has 0 bridgehead atoms. The third-order valence-corrected chi connectivity index (χ3v) is 2.84. The molecule has 1 rings (SSSR count). The Hall–Kier alpha value is -2.04. The van der Waals surface area contributed by atoms with Crippen LogP contribution >= 0.6 is 0 Å². The summed E-state index contributed by atoms with van der Waals surface area (Å²) < 4.78 is 5.40. The number of rotatable bonds is 9. The number of aliphatic carboxylic acids is 1. The van der Waals surface area contributed by atoms with Gasteiger partial charge in [-0.15, -0.1) is 0 Å². The molecule has 1 aromatic rings. The SMILES string of the molecule is CCCCN(CCC(=O)O)C(=O)COc1ccccc1. The highest BCUT2D eigenvalue weighted by atomic mass is 16.5. The number of hydrogen-bond donors (Lipinski definition) is 1. The Bertz CT molecular complexity index is 419. The summed E-state index contributed by atoms with van der Waals surface area (Å²) in [5.74, 6) is -0.443. The molecule has 0 heterocycles. The molecule has 0 saturated heterocycles. The molecular weight excluding hydrogens is 258 g/mol. The van der Waals surface area contributed by atoms with E-state index in [4.69, 9.17) is 9.84 Å². The second-order valence-corrected chi connectivity index (χ2v) is 4.48. The zero-order chi connectivity index (χ0) is 14.8. The number of carbonyl (C=O) groups is 2. The fourth-order valence-electron chi connectivity index (χ4n) is 1.69. The number of para-hydroxylation sites is 1. The molecule has 5 nitrogen and oxygen atoms in total. The van der Waals surface area contributed by atoms with Crippen molar-refractivity contribution in [2.75, 3.05) is 19.7 Å². The number of benzene rings is 1. The van der Waals surface area contributed by atoms with Gasteiger partial charge in [0.15, 0.2) is 6.61 Å². The van der Waals surface area contributed by atoms with Crippen LogP contribution in [0.15, 0.2) is 30.3 Å². The van der Waals surface area contributed by atoms with E-state index in [0.717, 1.165) is 12.8 Å². The minimum absolute atomic E-state index is 0.0409. The summed E-state index contributed by atoms with van der Waals surface area (Å²) in [4.78, 5) is 24.2. The zero-order valence-electron chi connectivity index (χ0n) is 11.7. The topological polar surface area (TPSA) is 66.8 Å². The molecule has 0 unspecified atom stereocenters. The summed E-state index contributed by atoms with van der Waals surface area (Å²) >= 11 is 0. The van der Waals surface area contributed by atoms with Crippen LogP contribution in [0.4, 0.5) is 0 Å². The smallest absolute Gasteiger partial charge is 0.305 e. The van der Waals surface area contributed by atoms with Crippen molar-refractivity contribution in [3.05, 3.63) is 30.3 Å². The summed E-state index contributed by atoms with van der Waals surface area (Å²) in [6.45, 7) is 2.76. The van der Waals surface area contributed by atoms with Crippen molar-refractivity contribution in [2.24, 2.45) is 0 Å². The Morgan fingerprint density at radius 1 is 1.20 bits per heavy atom. The Kier molecular flexibility index (Phi) is 7.17. The first-order chi connectivity index (χ1) is 9.63. The maximum Gasteiger partial charge on any atom is 0.305 e. The number of carboxylic acids is 1. The van der Waals surface area contributed by atoms with Crippen molar-refractivity contribution >= 4 is 11.9 Å². The van der Waals surface area contributed by atoms with E-state index in [-0.39, 0.29) is 25.5 Å². The second kappa shape index (κ2) is 8.96. The molecule has 1 aromatic carbocycles. The molecule has 0 saturated carbocycles. The number of nitrogens with zero attached hydrogens (tertiary/aromatic N) is 1. The monoisotopic (exact) mass is 279 g/mol. The van der Waals surface area contributed by atoms with E-state index < -0.39 is 5.97 Å². The molecular formula is C15H21NO4. The fraction of sp³-hybridized carbons (Fsp3) is 0.467. The maximum absolute atomic E-state index is 12.0. The van der Waals surface area contributed by atoms with Crippen LogP contribution in [-0.4, -0.2) is 41.6 Å². The van der Waals surface area contributed by atoms with Gasteiger partial charge in [-0.25, -0.2) is 0 Å². The van der Waals surface area contributed by atoms with Crippen LogP contribution in [0.3, 0.4) is 0 Å². The number of carbonyl (C=O) groups excluding carboxylic acids is 1. The van der Waals surface area contributed by atoms with E-state index in [1.54, 1.807) is 17.0 Å². The van der Waals surface area contributed by atoms with Crippen LogP contribution in [0.25, 0.3) is 0 Å². The Morgan fingerprint density at radius 3 is 2.50 bits per heavy atom. The van der Waals surface area contributed by atoms with Crippen molar-refractivity contribution in [2.45, 2.75) is 26.2 Å². The lowest BCUT2D eigenvalue weighted by Crippen LogP contribution is -2.37. The molecule has 1 N–H and O–H groups in total. The number of unbranched alkanes of at least 4 members (excludes halogenated alkanes) is 1. The molecule has 0 aliphatic heterocycles. The molecule has 0 aromatic heterocycles. The number of carboxylic acid groups (broad SMARTS) is 1.